The van der Waals surface area contributed by atoms with Gasteiger partial charge in [-0.3, -0.25) is 4.79 Å². The van der Waals surface area contributed by atoms with Gasteiger partial charge >= 0.3 is 0 Å². The molecular weight excluding hydrogens is 273 g/mol. The number of aryl methyl sites for hydroxylation is 1. The van der Waals surface area contributed by atoms with Crippen molar-refractivity contribution in [3.8, 4) is 0 Å². The highest BCUT2D eigenvalue weighted by Gasteiger charge is 2.34. The van der Waals surface area contributed by atoms with Gasteiger partial charge in [0.15, 0.2) is 5.82 Å². The molecule has 1 aromatic carbocycles. The van der Waals surface area contributed by atoms with Crippen LogP contribution in [0.3, 0.4) is 0 Å². The van der Waals surface area contributed by atoms with Crippen LogP contribution >= 0.6 is 0 Å². The number of carbonyl (C=O) groups is 1. The molecule has 3 rings (SSSR count). The molecule has 0 spiro atoms. The van der Waals surface area contributed by atoms with Crippen LogP contribution in [0, 0.1) is 5.82 Å². The fourth-order valence-electron chi connectivity index (χ4n) is 2.50. The summed E-state index contributed by atoms with van der Waals surface area (Å²) in [4.78, 5) is 18.0. The summed E-state index contributed by atoms with van der Waals surface area (Å²) in [5, 5.41) is 3.85. The van der Waals surface area contributed by atoms with E-state index in [9.17, 15) is 9.18 Å². The highest BCUT2D eigenvalue weighted by Crippen LogP contribution is 2.28. The molecule has 1 saturated heterocycles. The Bertz CT molecular complexity index is 656. The normalized spacial score (nSPS) is 18.5. The van der Waals surface area contributed by atoms with Crippen molar-refractivity contribution in [2.24, 2.45) is 0 Å². The van der Waals surface area contributed by atoms with Crippen LogP contribution in [-0.4, -0.2) is 27.5 Å². The second-order valence-corrected chi connectivity index (χ2v) is 5.17. The first kappa shape index (κ1) is 13.7. The van der Waals surface area contributed by atoms with Crippen molar-refractivity contribution in [2.45, 2.75) is 32.2 Å². The molecule has 1 atom stereocenters. The van der Waals surface area contributed by atoms with E-state index in [0.717, 1.165) is 0 Å². The fourth-order valence-corrected chi connectivity index (χ4v) is 2.50. The predicted octanol–water partition coefficient (Wildman–Crippen LogP) is 2.29. The molecule has 21 heavy (non-hydrogen) atoms. The van der Waals surface area contributed by atoms with E-state index in [-0.39, 0.29) is 24.2 Å². The molecular formula is C15H16FN3O2. The molecule has 1 aliphatic heterocycles. The number of benzene rings is 1. The Morgan fingerprint density at radius 1 is 1.43 bits per heavy atom. The first-order chi connectivity index (χ1) is 10.2. The third-order valence-corrected chi connectivity index (χ3v) is 3.68. The lowest BCUT2D eigenvalue weighted by atomic mass is 10.1. The zero-order chi connectivity index (χ0) is 14.8. The van der Waals surface area contributed by atoms with Crippen molar-refractivity contribution in [3.05, 3.63) is 47.4 Å². The Balaban J connectivity index is 1.71. The Labute approximate surface area is 121 Å². The Morgan fingerprint density at radius 3 is 2.95 bits per heavy atom. The molecule has 1 aliphatic rings. The van der Waals surface area contributed by atoms with Crippen LogP contribution in [0.2, 0.25) is 0 Å². The molecule has 1 unspecified atom stereocenters. The van der Waals surface area contributed by atoms with Gasteiger partial charge in [-0.2, -0.15) is 4.98 Å². The summed E-state index contributed by atoms with van der Waals surface area (Å²) >= 11 is 0. The van der Waals surface area contributed by atoms with Gasteiger partial charge in [-0.05, 0) is 6.07 Å². The van der Waals surface area contributed by atoms with Crippen molar-refractivity contribution in [2.75, 3.05) is 6.54 Å². The SMILES string of the molecule is CCc1noc(C2CC(=O)N(Cc3ccccc3F)C2)n1. The van der Waals surface area contributed by atoms with Gasteiger partial charge in [-0.25, -0.2) is 4.39 Å². The van der Waals surface area contributed by atoms with E-state index in [2.05, 4.69) is 10.1 Å². The van der Waals surface area contributed by atoms with Gasteiger partial charge in [0.05, 0.1) is 5.92 Å². The minimum absolute atomic E-state index is 0.0144. The van der Waals surface area contributed by atoms with E-state index in [4.69, 9.17) is 4.52 Å². The maximum absolute atomic E-state index is 13.7. The maximum Gasteiger partial charge on any atom is 0.232 e. The van der Waals surface area contributed by atoms with E-state index in [0.29, 0.717) is 36.7 Å². The summed E-state index contributed by atoms with van der Waals surface area (Å²) in [5.41, 5.74) is 0.520. The first-order valence-corrected chi connectivity index (χ1v) is 7.01. The standard InChI is InChI=1S/C15H16FN3O2/c1-2-13-17-15(21-18-13)11-7-14(20)19(9-11)8-10-5-3-4-6-12(10)16/h3-6,11H,2,7-9H2,1H3. The maximum atomic E-state index is 13.7. The summed E-state index contributed by atoms with van der Waals surface area (Å²) in [6.45, 7) is 2.70. The zero-order valence-electron chi connectivity index (χ0n) is 11.8. The molecule has 110 valence electrons. The molecule has 2 aromatic rings. The number of hydrogen-bond acceptors (Lipinski definition) is 4. The molecule has 6 heteroatoms. The molecule has 5 nitrogen and oxygen atoms in total. The van der Waals surface area contributed by atoms with Gasteiger partial charge in [0, 0.05) is 31.5 Å². The van der Waals surface area contributed by atoms with E-state index in [1.54, 1.807) is 23.1 Å². The smallest absolute Gasteiger partial charge is 0.232 e. The van der Waals surface area contributed by atoms with Gasteiger partial charge in [0.1, 0.15) is 5.82 Å². The first-order valence-electron chi connectivity index (χ1n) is 7.01. The van der Waals surface area contributed by atoms with Gasteiger partial charge in [-0.15, -0.1) is 0 Å². The van der Waals surface area contributed by atoms with Gasteiger partial charge in [0.2, 0.25) is 11.8 Å². The van der Waals surface area contributed by atoms with Crippen LogP contribution in [0.1, 0.15) is 36.5 Å². The van der Waals surface area contributed by atoms with E-state index >= 15 is 0 Å². The molecule has 0 aliphatic carbocycles. The lowest BCUT2D eigenvalue weighted by molar-refractivity contribution is -0.128. The predicted molar refractivity (Wildman–Crippen MR) is 72.9 cm³/mol. The number of aromatic nitrogens is 2. The number of likely N-dealkylation sites (tertiary alicyclic amines) is 1. The molecule has 1 fully saturated rings. The average Bonchev–Trinajstić information content (AvgIpc) is 3.08. The topological polar surface area (TPSA) is 59.2 Å². The number of rotatable bonds is 4. The quantitative estimate of drug-likeness (QED) is 0.866. The molecule has 0 saturated carbocycles. The Kier molecular flexibility index (Phi) is 3.68. The fraction of sp³-hybridized carbons (Fsp3) is 0.400. The van der Waals surface area contributed by atoms with Gasteiger partial charge in [0.25, 0.3) is 0 Å². The number of carbonyl (C=O) groups excluding carboxylic acids is 1. The van der Waals surface area contributed by atoms with Crippen molar-refractivity contribution < 1.29 is 13.7 Å². The Hall–Kier alpha value is -2.24. The highest BCUT2D eigenvalue weighted by atomic mass is 19.1. The summed E-state index contributed by atoms with van der Waals surface area (Å²) in [5.74, 6) is 0.734. The van der Waals surface area contributed by atoms with Crippen molar-refractivity contribution >= 4 is 5.91 Å². The van der Waals surface area contributed by atoms with Crippen LogP contribution in [0.15, 0.2) is 28.8 Å². The third kappa shape index (κ3) is 2.79. The van der Waals surface area contributed by atoms with Gasteiger partial charge in [-0.1, -0.05) is 30.3 Å². The Morgan fingerprint density at radius 2 is 2.24 bits per heavy atom. The van der Waals surface area contributed by atoms with Crippen molar-refractivity contribution in [3.63, 3.8) is 0 Å². The highest BCUT2D eigenvalue weighted by molar-refractivity contribution is 5.79. The van der Waals surface area contributed by atoms with Crippen molar-refractivity contribution in [1.82, 2.24) is 15.0 Å². The third-order valence-electron chi connectivity index (χ3n) is 3.68. The van der Waals surface area contributed by atoms with Gasteiger partial charge < -0.3 is 9.42 Å². The summed E-state index contributed by atoms with van der Waals surface area (Å²) in [6, 6.07) is 6.50. The summed E-state index contributed by atoms with van der Waals surface area (Å²) in [6.07, 6.45) is 1.03. The number of hydrogen-bond donors (Lipinski definition) is 0. The number of halogens is 1. The monoisotopic (exact) mass is 289 g/mol. The van der Waals surface area contributed by atoms with Crippen LogP contribution < -0.4 is 0 Å². The second kappa shape index (κ2) is 5.63. The zero-order valence-corrected chi connectivity index (χ0v) is 11.8. The number of nitrogens with zero attached hydrogens (tertiary/aromatic N) is 3. The molecule has 0 bridgehead atoms. The van der Waals surface area contributed by atoms with E-state index < -0.39 is 0 Å². The van der Waals surface area contributed by atoms with Crippen LogP contribution in [-0.2, 0) is 17.8 Å². The molecule has 2 heterocycles. The van der Waals surface area contributed by atoms with Crippen molar-refractivity contribution in [1.29, 1.82) is 0 Å². The summed E-state index contributed by atoms with van der Waals surface area (Å²) < 4.78 is 18.9. The lowest BCUT2D eigenvalue weighted by Crippen LogP contribution is -2.24. The minimum atomic E-state index is -0.292. The second-order valence-electron chi connectivity index (χ2n) is 5.17. The molecule has 1 aromatic heterocycles. The van der Waals surface area contributed by atoms with E-state index in [1.807, 2.05) is 6.92 Å². The average molecular weight is 289 g/mol. The summed E-state index contributed by atoms with van der Waals surface area (Å²) in [7, 11) is 0. The number of amides is 1. The van der Waals surface area contributed by atoms with Crippen LogP contribution in [0.5, 0.6) is 0 Å². The molecule has 1 amide bonds. The molecule has 0 N–H and O–H groups in total. The molecule has 0 radical (unpaired) electrons. The van der Waals surface area contributed by atoms with Crippen LogP contribution in [0.25, 0.3) is 0 Å². The largest absolute Gasteiger partial charge is 0.339 e. The lowest BCUT2D eigenvalue weighted by Gasteiger charge is -2.16. The van der Waals surface area contributed by atoms with Crippen LogP contribution in [0.4, 0.5) is 4.39 Å². The minimum Gasteiger partial charge on any atom is -0.339 e. The van der Waals surface area contributed by atoms with E-state index in [1.165, 1.54) is 6.07 Å².